The molecule has 9 heteroatoms. The average molecular weight is 427 g/mol. The van der Waals surface area contributed by atoms with Gasteiger partial charge in [0.2, 0.25) is 17.7 Å². The Morgan fingerprint density at radius 2 is 2.23 bits per heavy atom. The second kappa shape index (κ2) is 8.91. The molecule has 8 nitrogen and oxygen atoms in total. The van der Waals surface area contributed by atoms with E-state index in [9.17, 15) is 4.79 Å². The normalized spacial score (nSPS) is 16.4. The smallest absolute Gasteiger partial charge is 0.223 e. The molecule has 1 saturated heterocycles. The first-order valence-corrected chi connectivity index (χ1v) is 11.1. The third-order valence-electron chi connectivity index (χ3n) is 5.10. The van der Waals surface area contributed by atoms with Crippen LogP contribution in [-0.2, 0) is 11.2 Å². The second-order valence-corrected chi connectivity index (χ2v) is 8.71. The average Bonchev–Trinajstić information content (AvgIpc) is 3.46. The summed E-state index contributed by atoms with van der Waals surface area (Å²) in [6.45, 7) is 6.72. The zero-order valence-electron chi connectivity index (χ0n) is 17.5. The highest BCUT2D eigenvalue weighted by atomic mass is 32.1. The molecule has 1 atom stereocenters. The Labute approximate surface area is 179 Å². The van der Waals surface area contributed by atoms with E-state index in [0.717, 1.165) is 41.6 Å². The molecule has 1 fully saturated rings. The van der Waals surface area contributed by atoms with Crippen molar-refractivity contribution < 1.29 is 9.21 Å². The Hall–Kier alpha value is -2.81. The fourth-order valence-electron chi connectivity index (χ4n) is 3.68. The van der Waals surface area contributed by atoms with Gasteiger partial charge in [0.05, 0.1) is 11.7 Å². The number of hydrogen-bond donors (Lipinski definition) is 1. The fourth-order valence-corrected chi connectivity index (χ4v) is 4.23. The number of rotatable bonds is 7. The molecule has 158 valence electrons. The lowest BCUT2D eigenvalue weighted by Gasteiger charge is -2.25. The molecule has 30 heavy (non-hydrogen) atoms. The number of aryl methyl sites for hydroxylation is 2. The molecule has 1 aliphatic rings. The van der Waals surface area contributed by atoms with Crippen molar-refractivity contribution in [2.24, 2.45) is 0 Å². The molecule has 0 radical (unpaired) electrons. The van der Waals surface area contributed by atoms with E-state index < -0.39 is 0 Å². The van der Waals surface area contributed by atoms with Crippen molar-refractivity contribution in [1.82, 2.24) is 25.1 Å². The van der Waals surface area contributed by atoms with Crippen molar-refractivity contribution in [2.75, 3.05) is 11.9 Å². The molecule has 0 spiro atoms. The lowest BCUT2D eigenvalue weighted by molar-refractivity contribution is -0.132. The van der Waals surface area contributed by atoms with Crippen LogP contribution in [0.25, 0.3) is 0 Å². The maximum atomic E-state index is 13.0. The highest BCUT2D eigenvalue weighted by Gasteiger charge is 2.31. The monoisotopic (exact) mass is 426 g/mol. The van der Waals surface area contributed by atoms with Gasteiger partial charge in [-0.15, -0.1) is 21.5 Å². The summed E-state index contributed by atoms with van der Waals surface area (Å²) in [5.41, 5.74) is 2.77. The summed E-state index contributed by atoms with van der Waals surface area (Å²) < 4.78 is 5.63. The van der Waals surface area contributed by atoms with Crippen molar-refractivity contribution in [3.05, 3.63) is 46.9 Å². The number of nitrogens with zero attached hydrogens (tertiary/aromatic N) is 5. The van der Waals surface area contributed by atoms with Crippen molar-refractivity contribution >= 4 is 28.1 Å². The SMILES string of the molecule is Cc1cc(Nc2nccs2)cc([C@@H]2CCCN2C(=O)CCc2nnc(C(C)C)o2)n1. The summed E-state index contributed by atoms with van der Waals surface area (Å²) in [5.74, 6) is 1.41. The molecular formula is C21H26N6O2S. The van der Waals surface area contributed by atoms with Gasteiger partial charge in [-0.05, 0) is 31.9 Å². The van der Waals surface area contributed by atoms with Crippen molar-refractivity contribution in [3.63, 3.8) is 0 Å². The van der Waals surface area contributed by atoms with Gasteiger partial charge in [0.15, 0.2) is 5.13 Å². The van der Waals surface area contributed by atoms with Gasteiger partial charge >= 0.3 is 0 Å². The van der Waals surface area contributed by atoms with E-state index in [0.29, 0.717) is 24.6 Å². The van der Waals surface area contributed by atoms with Gasteiger partial charge < -0.3 is 14.6 Å². The molecule has 0 aromatic carbocycles. The van der Waals surface area contributed by atoms with E-state index in [1.807, 2.05) is 43.2 Å². The van der Waals surface area contributed by atoms with E-state index >= 15 is 0 Å². The van der Waals surface area contributed by atoms with Gasteiger partial charge in [-0.2, -0.15) is 0 Å². The molecule has 3 aromatic heterocycles. The summed E-state index contributed by atoms with van der Waals surface area (Å²) >= 11 is 1.55. The maximum Gasteiger partial charge on any atom is 0.223 e. The van der Waals surface area contributed by atoms with Gasteiger partial charge in [0.1, 0.15) is 0 Å². The number of anilines is 2. The molecule has 4 rings (SSSR count). The molecular weight excluding hydrogens is 400 g/mol. The Balaban J connectivity index is 1.44. The molecule has 0 saturated carbocycles. The van der Waals surface area contributed by atoms with Crippen LogP contribution in [0.1, 0.15) is 68.2 Å². The number of thiazole rings is 1. The summed E-state index contributed by atoms with van der Waals surface area (Å²) in [4.78, 5) is 23.9. The van der Waals surface area contributed by atoms with Crippen LogP contribution in [0.2, 0.25) is 0 Å². The minimum atomic E-state index is -0.0110. The van der Waals surface area contributed by atoms with Crippen molar-refractivity contribution in [3.8, 4) is 0 Å². The highest BCUT2D eigenvalue weighted by molar-refractivity contribution is 7.13. The fraction of sp³-hybridized carbons (Fsp3) is 0.476. The molecule has 1 amide bonds. The van der Waals surface area contributed by atoms with E-state index in [-0.39, 0.29) is 17.9 Å². The zero-order chi connectivity index (χ0) is 21.1. The van der Waals surface area contributed by atoms with Crippen LogP contribution in [0.4, 0.5) is 10.8 Å². The van der Waals surface area contributed by atoms with E-state index in [1.54, 1.807) is 17.5 Å². The maximum absolute atomic E-state index is 13.0. The van der Waals surface area contributed by atoms with Crippen LogP contribution in [0.15, 0.2) is 28.1 Å². The quantitative estimate of drug-likeness (QED) is 0.598. The summed E-state index contributed by atoms with van der Waals surface area (Å²) in [6, 6.07) is 4.01. The third-order valence-corrected chi connectivity index (χ3v) is 5.79. The van der Waals surface area contributed by atoms with Gasteiger partial charge in [-0.1, -0.05) is 13.8 Å². The molecule has 1 aliphatic heterocycles. The predicted octanol–water partition coefficient (Wildman–Crippen LogP) is 4.39. The number of hydrogen-bond acceptors (Lipinski definition) is 8. The number of aromatic nitrogens is 4. The number of carbonyl (C=O) groups is 1. The Kier molecular flexibility index (Phi) is 6.08. The minimum Gasteiger partial charge on any atom is -0.425 e. The predicted molar refractivity (Wildman–Crippen MR) is 115 cm³/mol. The summed E-state index contributed by atoms with van der Waals surface area (Å²) in [5, 5.41) is 14.2. The number of likely N-dealkylation sites (tertiary alicyclic amines) is 1. The molecule has 0 unspecified atom stereocenters. The second-order valence-electron chi connectivity index (χ2n) is 7.82. The van der Waals surface area contributed by atoms with Crippen LogP contribution in [0, 0.1) is 6.92 Å². The first-order valence-electron chi connectivity index (χ1n) is 10.3. The first kappa shape index (κ1) is 20.5. The van der Waals surface area contributed by atoms with Crippen LogP contribution in [-0.4, -0.2) is 37.5 Å². The van der Waals surface area contributed by atoms with Crippen LogP contribution >= 0.6 is 11.3 Å². The van der Waals surface area contributed by atoms with Gasteiger partial charge in [-0.25, -0.2) is 4.98 Å². The van der Waals surface area contributed by atoms with Crippen LogP contribution in [0.5, 0.6) is 0 Å². The number of amides is 1. The lowest BCUT2D eigenvalue weighted by atomic mass is 10.1. The standard InChI is InChI=1S/C21H26N6O2S/c1-13(2)20-26-25-18(29-20)6-7-19(28)27-9-4-5-17(27)16-12-15(11-14(3)23-16)24-21-22-8-10-30-21/h8,10-13,17H,4-7,9H2,1-3H3,(H,22,23,24)/t17-/m0/s1. The van der Waals surface area contributed by atoms with Crippen LogP contribution in [0.3, 0.4) is 0 Å². The lowest BCUT2D eigenvalue weighted by Crippen LogP contribution is -2.31. The summed E-state index contributed by atoms with van der Waals surface area (Å²) in [7, 11) is 0. The minimum absolute atomic E-state index is 0.0110. The van der Waals surface area contributed by atoms with Crippen molar-refractivity contribution in [2.45, 2.75) is 58.4 Å². The molecule has 1 N–H and O–H groups in total. The largest absolute Gasteiger partial charge is 0.425 e. The van der Waals surface area contributed by atoms with Gasteiger partial charge in [0.25, 0.3) is 0 Å². The van der Waals surface area contributed by atoms with E-state index in [1.165, 1.54) is 0 Å². The third kappa shape index (κ3) is 4.67. The van der Waals surface area contributed by atoms with Crippen LogP contribution < -0.4 is 5.32 Å². The molecule has 0 bridgehead atoms. The molecule has 0 aliphatic carbocycles. The van der Waals surface area contributed by atoms with E-state index in [4.69, 9.17) is 9.40 Å². The van der Waals surface area contributed by atoms with Gasteiger partial charge in [-0.3, -0.25) is 9.78 Å². The highest BCUT2D eigenvalue weighted by Crippen LogP contribution is 2.33. The molecule has 3 aromatic rings. The van der Waals surface area contributed by atoms with Gasteiger partial charge in [0, 0.05) is 48.3 Å². The zero-order valence-corrected chi connectivity index (χ0v) is 18.3. The Bertz CT molecular complexity index is 1000. The molecule has 4 heterocycles. The van der Waals surface area contributed by atoms with Crippen molar-refractivity contribution in [1.29, 1.82) is 0 Å². The first-order chi connectivity index (χ1) is 14.5. The number of pyridine rings is 1. The number of carbonyl (C=O) groups excluding carboxylic acids is 1. The Morgan fingerprint density at radius 1 is 1.37 bits per heavy atom. The Morgan fingerprint density at radius 3 is 2.97 bits per heavy atom. The topological polar surface area (TPSA) is 97.0 Å². The number of nitrogens with one attached hydrogen (secondary N) is 1. The van der Waals surface area contributed by atoms with E-state index in [2.05, 4.69) is 20.5 Å². The summed E-state index contributed by atoms with van der Waals surface area (Å²) in [6.07, 6.45) is 4.47.